The van der Waals surface area contributed by atoms with Gasteiger partial charge in [-0.1, -0.05) is 32.9 Å². The van der Waals surface area contributed by atoms with Gasteiger partial charge in [-0.25, -0.2) is 4.98 Å². The zero-order valence-electron chi connectivity index (χ0n) is 10.8. The molecule has 3 nitrogen and oxygen atoms in total. The number of oxazole rings is 1. The van der Waals surface area contributed by atoms with Crippen molar-refractivity contribution in [2.75, 3.05) is 5.73 Å². The molecule has 0 fully saturated rings. The molecule has 0 unspecified atom stereocenters. The first-order valence-electron chi connectivity index (χ1n) is 6.04. The topological polar surface area (TPSA) is 52.0 Å². The molecule has 0 saturated heterocycles. The summed E-state index contributed by atoms with van der Waals surface area (Å²) in [5.41, 5.74) is 8.21. The fourth-order valence-electron chi connectivity index (χ4n) is 2.05. The largest absolute Gasteiger partial charge is 0.440 e. The lowest BCUT2D eigenvalue weighted by Crippen LogP contribution is -2.10. The van der Waals surface area contributed by atoms with Crippen LogP contribution in [0.4, 0.5) is 5.69 Å². The highest BCUT2D eigenvalue weighted by Crippen LogP contribution is 2.31. The van der Waals surface area contributed by atoms with E-state index in [1.165, 1.54) is 0 Å². The van der Waals surface area contributed by atoms with Crippen LogP contribution >= 0.6 is 0 Å². The number of rotatable bonds is 0. The highest BCUT2D eigenvalue weighted by atomic mass is 16.3. The summed E-state index contributed by atoms with van der Waals surface area (Å²) in [4.78, 5) is 4.63. The number of aromatic nitrogens is 1. The van der Waals surface area contributed by atoms with Gasteiger partial charge in [0.15, 0.2) is 5.58 Å². The quantitative estimate of drug-likeness (QED) is 0.607. The van der Waals surface area contributed by atoms with Crippen molar-refractivity contribution in [2.45, 2.75) is 26.2 Å². The van der Waals surface area contributed by atoms with Crippen LogP contribution in [0.2, 0.25) is 0 Å². The molecule has 0 amide bonds. The fraction of sp³-hybridized carbons (Fsp3) is 0.267. The molecule has 0 spiro atoms. The first kappa shape index (κ1) is 11.1. The van der Waals surface area contributed by atoms with Gasteiger partial charge >= 0.3 is 0 Å². The molecule has 0 saturated carbocycles. The van der Waals surface area contributed by atoms with E-state index in [9.17, 15) is 0 Å². The van der Waals surface area contributed by atoms with Gasteiger partial charge in [0.1, 0.15) is 5.52 Å². The number of anilines is 1. The molecule has 3 rings (SSSR count). The Morgan fingerprint density at radius 2 is 1.83 bits per heavy atom. The number of fused-ring (bicyclic) bond motifs is 3. The van der Waals surface area contributed by atoms with Crippen molar-refractivity contribution in [1.82, 2.24) is 4.98 Å². The van der Waals surface area contributed by atoms with Crippen molar-refractivity contribution < 1.29 is 4.42 Å². The maximum absolute atomic E-state index is 5.85. The zero-order chi connectivity index (χ0) is 12.9. The number of nitrogens with two attached hydrogens (primary N) is 1. The van der Waals surface area contributed by atoms with Gasteiger partial charge in [-0.15, -0.1) is 0 Å². The SMILES string of the molecule is CC(C)(C)c1nc2c(ccc3ccc(N)cc32)o1. The van der Waals surface area contributed by atoms with Crippen LogP contribution < -0.4 is 5.73 Å². The van der Waals surface area contributed by atoms with Crippen LogP contribution in [-0.2, 0) is 5.41 Å². The first-order chi connectivity index (χ1) is 8.45. The molecule has 2 aromatic carbocycles. The second-order valence-electron chi connectivity index (χ2n) is 5.66. The van der Waals surface area contributed by atoms with Crippen molar-refractivity contribution in [3.63, 3.8) is 0 Å². The van der Waals surface area contributed by atoms with Crippen molar-refractivity contribution in [3.05, 3.63) is 36.2 Å². The van der Waals surface area contributed by atoms with Gasteiger partial charge < -0.3 is 10.2 Å². The van der Waals surface area contributed by atoms with Gasteiger partial charge in [0.05, 0.1) is 0 Å². The van der Waals surface area contributed by atoms with E-state index in [0.29, 0.717) is 0 Å². The van der Waals surface area contributed by atoms with Gasteiger partial charge in [-0.2, -0.15) is 0 Å². The van der Waals surface area contributed by atoms with E-state index < -0.39 is 0 Å². The lowest BCUT2D eigenvalue weighted by Gasteiger charge is -2.11. The van der Waals surface area contributed by atoms with Crippen LogP contribution in [0.5, 0.6) is 0 Å². The van der Waals surface area contributed by atoms with Crippen LogP contribution in [0.15, 0.2) is 34.7 Å². The Hall–Kier alpha value is -2.03. The zero-order valence-corrected chi connectivity index (χ0v) is 10.8. The van der Waals surface area contributed by atoms with Gasteiger partial charge in [0, 0.05) is 16.5 Å². The maximum atomic E-state index is 5.85. The molecule has 92 valence electrons. The average molecular weight is 240 g/mol. The van der Waals surface area contributed by atoms with Crippen molar-refractivity contribution in [3.8, 4) is 0 Å². The molecule has 0 aliphatic rings. The molecular formula is C15H16N2O. The smallest absolute Gasteiger partial charge is 0.200 e. The van der Waals surface area contributed by atoms with Crippen LogP contribution in [0.25, 0.3) is 21.9 Å². The summed E-state index contributed by atoms with van der Waals surface area (Å²) in [6.07, 6.45) is 0. The van der Waals surface area contributed by atoms with Crippen molar-refractivity contribution >= 4 is 27.6 Å². The third-order valence-corrected chi connectivity index (χ3v) is 3.04. The predicted molar refractivity (Wildman–Crippen MR) is 74.6 cm³/mol. The molecule has 3 heteroatoms. The summed E-state index contributed by atoms with van der Waals surface area (Å²) < 4.78 is 5.83. The van der Waals surface area contributed by atoms with Gasteiger partial charge in [-0.05, 0) is 23.6 Å². The summed E-state index contributed by atoms with van der Waals surface area (Å²) in [5, 5.41) is 2.18. The lowest BCUT2D eigenvalue weighted by atomic mass is 9.97. The molecule has 0 aliphatic heterocycles. The highest BCUT2D eigenvalue weighted by Gasteiger charge is 2.21. The third kappa shape index (κ3) is 1.63. The molecule has 0 atom stereocenters. The monoisotopic (exact) mass is 240 g/mol. The van der Waals surface area contributed by atoms with Crippen LogP contribution in [0.3, 0.4) is 0 Å². The molecule has 0 bridgehead atoms. The summed E-state index contributed by atoms with van der Waals surface area (Å²) in [6.45, 7) is 6.27. The summed E-state index contributed by atoms with van der Waals surface area (Å²) in [5.74, 6) is 0.757. The van der Waals surface area contributed by atoms with E-state index in [2.05, 4.69) is 25.8 Å². The number of hydrogen-bond acceptors (Lipinski definition) is 3. The second kappa shape index (κ2) is 3.48. The minimum Gasteiger partial charge on any atom is -0.440 e. The number of nitrogen functional groups attached to an aromatic ring is 1. The van der Waals surface area contributed by atoms with E-state index in [0.717, 1.165) is 33.5 Å². The van der Waals surface area contributed by atoms with Gasteiger partial charge in [0.2, 0.25) is 5.89 Å². The van der Waals surface area contributed by atoms with Crippen LogP contribution in [0.1, 0.15) is 26.7 Å². The molecule has 2 N–H and O–H groups in total. The predicted octanol–water partition coefficient (Wildman–Crippen LogP) is 3.86. The van der Waals surface area contributed by atoms with E-state index in [4.69, 9.17) is 10.2 Å². The number of benzene rings is 2. The van der Waals surface area contributed by atoms with E-state index in [1.807, 2.05) is 30.3 Å². The number of nitrogens with zero attached hydrogens (tertiary/aromatic N) is 1. The fourth-order valence-corrected chi connectivity index (χ4v) is 2.05. The maximum Gasteiger partial charge on any atom is 0.200 e. The van der Waals surface area contributed by atoms with E-state index >= 15 is 0 Å². The number of hydrogen-bond donors (Lipinski definition) is 1. The molecule has 0 aliphatic carbocycles. The minimum atomic E-state index is -0.0916. The Bertz CT molecular complexity index is 735. The second-order valence-corrected chi connectivity index (χ2v) is 5.66. The Balaban J connectivity index is 2.39. The Kier molecular flexibility index (Phi) is 2.14. The summed E-state index contributed by atoms with van der Waals surface area (Å²) in [6, 6.07) is 9.87. The summed E-state index contributed by atoms with van der Waals surface area (Å²) >= 11 is 0. The average Bonchev–Trinajstić information content (AvgIpc) is 2.72. The Labute approximate surface area is 106 Å². The van der Waals surface area contributed by atoms with Gasteiger partial charge in [-0.3, -0.25) is 0 Å². The summed E-state index contributed by atoms with van der Waals surface area (Å²) in [7, 11) is 0. The highest BCUT2D eigenvalue weighted by molar-refractivity contribution is 6.04. The van der Waals surface area contributed by atoms with E-state index in [1.54, 1.807) is 0 Å². The van der Waals surface area contributed by atoms with Crippen LogP contribution in [0, 0.1) is 0 Å². The third-order valence-electron chi connectivity index (χ3n) is 3.04. The first-order valence-corrected chi connectivity index (χ1v) is 6.04. The van der Waals surface area contributed by atoms with Gasteiger partial charge in [0.25, 0.3) is 0 Å². The van der Waals surface area contributed by atoms with Crippen LogP contribution in [-0.4, -0.2) is 4.98 Å². The molecular weight excluding hydrogens is 224 g/mol. The molecule has 3 aromatic rings. The lowest BCUT2D eigenvalue weighted by molar-refractivity contribution is 0.411. The normalized spacial score (nSPS) is 12.4. The molecule has 0 radical (unpaired) electrons. The standard InChI is InChI=1S/C15H16N2O/c1-15(2,3)14-17-13-11-8-10(16)6-4-9(11)5-7-12(13)18-14/h4-8H,16H2,1-3H3. The molecule has 1 aromatic heterocycles. The molecule has 1 heterocycles. The molecule has 18 heavy (non-hydrogen) atoms. The van der Waals surface area contributed by atoms with Crippen molar-refractivity contribution in [1.29, 1.82) is 0 Å². The van der Waals surface area contributed by atoms with E-state index in [-0.39, 0.29) is 5.41 Å². The Morgan fingerprint density at radius 1 is 1.11 bits per heavy atom. The van der Waals surface area contributed by atoms with Crippen molar-refractivity contribution in [2.24, 2.45) is 0 Å². The Morgan fingerprint density at radius 3 is 2.56 bits per heavy atom. The minimum absolute atomic E-state index is 0.0916.